The normalized spacial score (nSPS) is 11.8. The van der Waals surface area contributed by atoms with Crippen molar-refractivity contribution < 1.29 is 8.91 Å². The van der Waals surface area contributed by atoms with Crippen molar-refractivity contribution in [3.63, 3.8) is 0 Å². The predicted molar refractivity (Wildman–Crippen MR) is 65.6 cm³/mol. The molecule has 5 heteroatoms. The van der Waals surface area contributed by atoms with Gasteiger partial charge in [0.15, 0.2) is 5.82 Å². The second-order valence-electron chi connectivity index (χ2n) is 4.87. The van der Waals surface area contributed by atoms with Gasteiger partial charge in [-0.1, -0.05) is 23.4 Å². The molecule has 1 aromatic heterocycles. The zero-order valence-corrected chi connectivity index (χ0v) is 10.5. The third-order valence-electron chi connectivity index (χ3n) is 2.86. The lowest BCUT2D eigenvalue weighted by atomic mass is 9.94. The molecule has 0 spiro atoms. The van der Waals surface area contributed by atoms with Crippen molar-refractivity contribution in [2.75, 3.05) is 6.54 Å². The topological polar surface area (TPSA) is 64.9 Å². The summed E-state index contributed by atoms with van der Waals surface area (Å²) in [4.78, 5) is 4.26. The van der Waals surface area contributed by atoms with Gasteiger partial charge >= 0.3 is 0 Å². The Morgan fingerprint density at radius 3 is 2.72 bits per heavy atom. The van der Waals surface area contributed by atoms with E-state index in [9.17, 15) is 4.39 Å². The summed E-state index contributed by atoms with van der Waals surface area (Å²) < 4.78 is 18.6. The standard InChI is InChI=1S/C13H16FN3O/c1-13(2,8-15)12-16-11(17-18-12)7-9-5-3-4-6-10(9)14/h3-6H,7-8,15H2,1-2H3. The summed E-state index contributed by atoms with van der Waals surface area (Å²) in [6.07, 6.45) is 0.316. The maximum absolute atomic E-state index is 13.5. The summed E-state index contributed by atoms with van der Waals surface area (Å²) in [5.41, 5.74) is 5.83. The first-order chi connectivity index (χ1) is 8.53. The Balaban J connectivity index is 2.20. The van der Waals surface area contributed by atoms with Crippen molar-refractivity contribution in [1.29, 1.82) is 0 Å². The molecule has 0 aliphatic carbocycles. The van der Waals surface area contributed by atoms with Gasteiger partial charge in [0.1, 0.15) is 5.82 Å². The molecule has 0 saturated carbocycles. The minimum atomic E-state index is -0.361. The van der Waals surface area contributed by atoms with Crippen LogP contribution in [0.1, 0.15) is 31.1 Å². The average molecular weight is 249 g/mol. The number of aromatic nitrogens is 2. The van der Waals surface area contributed by atoms with Crippen LogP contribution in [0.4, 0.5) is 4.39 Å². The third kappa shape index (κ3) is 2.56. The molecule has 96 valence electrons. The molecule has 2 rings (SSSR count). The lowest BCUT2D eigenvalue weighted by Crippen LogP contribution is -2.28. The van der Waals surface area contributed by atoms with Crippen LogP contribution in [-0.2, 0) is 11.8 Å². The maximum Gasteiger partial charge on any atom is 0.233 e. The second kappa shape index (κ2) is 4.86. The number of nitrogens with two attached hydrogens (primary N) is 1. The average Bonchev–Trinajstić information content (AvgIpc) is 2.81. The smallest absolute Gasteiger partial charge is 0.233 e. The summed E-state index contributed by atoms with van der Waals surface area (Å²) in [5, 5.41) is 3.86. The molecular formula is C13H16FN3O. The van der Waals surface area contributed by atoms with Crippen LogP contribution in [0, 0.1) is 5.82 Å². The van der Waals surface area contributed by atoms with Gasteiger partial charge in [0.25, 0.3) is 0 Å². The van der Waals surface area contributed by atoms with Gasteiger partial charge in [0, 0.05) is 13.0 Å². The van der Waals surface area contributed by atoms with Crippen molar-refractivity contribution >= 4 is 0 Å². The first kappa shape index (κ1) is 12.7. The largest absolute Gasteiger partial charge is 0.339 e. The number of hydrogen-bond donors (Lipinski definition) is 1. The van der Waals surface area contributed by atoms with Gasteiger partial charge in [-0.15, -0.1) is 0 Å². The van der Waals surface area contributed by atoms with E-state index in [0.29, 0.717) is 30.2 Å². The van der Waals surface area contributed by atoms with Crippen LogP contribution in [0.3, 0.4) is 0 Å². The van der Waals surface area contributed by atoms with Gasteiger partial charge in [0.05, 0.1) is 5.41 Å². The van der Waals surface area contributed by atoms with E-state index in [-0.39, 0.29) is 11.2 Å². The summed E-state index contributed by atoms with van der Waals surface area (Å²) in [6, 6.07) is 6.56. The van der Waals surface area contributed by atoms with Crippen molar-refractivity contribution in [3.05, 3.63) is 47.4 Å². The van der Waals surface area contributed by atoms with Gasteiger partial charge < -0.3 is 10.3 Å². The van der Waals surface area contributed by atoms with Crippen molar-refractivity contribution in [3.8, 4) is 0 Å². The maximum atomic E-state index is 13.5. The van der Waals surface area contributed by atoms with E-state index in [1.165, 1.54) is 6.07 Å². The molecule has 0 aliphatic rings. The Morgan fingerprint density at radius 1 is 1.33 bits per heavy atom. The molecule has 1 aromatic carbocycles. The lowest BCUT2D eigenvalue weighted by molar-refractivity contribution is 0.309. The molecule has 0 fully saturated rings. The van der Waals surface area contributed by atoms with Crippen LogP contribution in [0.5, 0.6) is 0 Å². The van der Waals surface area contributed by atoms with Crippen molar-refractivity contribution in [1.82, 2.24) is 10.1 Å². The summed E-state index contributed by atoms with van der Waals surface area (Å²) in [6.45, 7) is 4.26. The molecule has 0 bridgehead atoms. The van der Waals surface area contributed by atoms with E-state index in [1.54, 1.807) is 18.2 Å². The van der Waals surface area contributed by atoms with Crippen molar-refractivity contribution in [2.45, 2.75) is 25.7 Å². The fourth-order valence-corrected chi connectivity index (χ4v) is 1.50. The van der Waals surface area contributed by atoms with Gasteiger partial charge in [-0.3, -0.25) is 0 Å². The van der Waals surface area contributed by atoms with Crippen LogP contribution >= 0.6 is 0 Å². The zero-order chi connectivity index (χ0) is 13.2. The number of hydrogen-bond acceptors (Lipinski definition) is 4. The number of rotatable bonds is 4. The number of halogens is 1. The molecule has 0 radical (unpaired) electrons. The highest BCUT2D eigenvalue weighted by Gasteiger charge is 2.26. The first-order valence-electron chi connectivity index (χ1n) is 5.79. The third-order valence-corrected chi connectivity index (χ3v) is 2.86. The summed E-state index contributed by atoms with van der Waals surface area (Å²) in [5.74, 6) is 0.690. The van der Waals surface area contributed by atoms with Gasteiger partial charge in [0.2, 0.25) is 5.89 Å². The fraction of sp³-hybridized carbons (Fsp3) is 0.385. The molecular weight excluding hydrogens is 233 g/mol. The Kier molecular flexibility index (Phi) is 3.43. The van der Waals surface area contributed by atoms with E-state index in [0.717, 1.165) is 0 Å². The second-order valence-corrected chi connectivity index (χ2v) is 4.87. The highest BCUT2D eigenvalue weighted by molar-refractivity contribution is 5.21. The van der Waals surface area contributed by atoms with Gasteiger partial charge in [-0.05, 0) is 25.5 Å². The molecule has 0 saturated heterocycles. The quantitative estimate of drug-likeness (QED) is 0.900. The molecule has 2 N–H and O–H groups in total. The zero-order valence-electron chi connectivity index (χ0n) is 10.5. The number of nitrogens with zero attached hydrogens (tertiary/aromatic N) is 2. The van der Waals surface area contributed by atoms with Gasteiger partial charge in [-0.25, -0.2) is 4.39 Å². The van der Waals surface area contributed by atoms with Crippen LogP contribution in [0.15, 0.2) is 28.8 Å². The van der Waals surface area contributed by atoms with E-state index in [1.807, 2.05) is 13.8 Å². The molecule has 0 aliphatic heterocycles. The highest BCUT2D eigenvalue weighted by Crippen LogP contribution is 2.20. The van der Waals surface area contributed by atoms with E-state index in [4.69, 9.17) is 10.3 Å². The van der Waals surface area contributed by atoms with E-state index >= 15 is 0 Å². The van der Waals surface area contributed by atoms with Crippen LogP contribution < -0.4 is 5.73 Å². The van der Waals surface area contributed by atoms with Crippen molar-refractivity contribution in [2.24, 2.45) is 5.73 Å². The minimum absolute atomic E-state index is 0.262. The molecule has 18 heavy (non-hydrogen) atoms. The Labute approximate surface area is 105 Å². The van der Waals surface area contributed by atoms with Crippen LogP contribution in [0.25, 0.3) is 0 Å². The Morgan fingerprint density at radius 2 is 2.06 bits per heavy atom. The first-order valence-corrected chi connectivity index (χ1v) is 5.79. The summed E-state index contributed by atoms with van der Waals surface area (Å²) in [7, 11) is 0. The summed E-state index contributed by atoms with van der Waals surface area (Å²) >= 11 is 0. The molecule has 0 unspecified atom stereocenters. The van der Waals surface area contributed by atoms with Gasteiger partial charge in [-0.2, -0.15) is 4.98 Å². The minimum Gasteiger partial charge on any atom is -0.339 e. The molecule has 2 aromatic rings. The Bertz CT molecular complexity index is 537. The molecule has 0 atom stereocenters. The highest BCUT2D eigenvalue weighted by atomic mass is 19.1. The Hall–Kier alpha value is -1.75. The number of benzene rings is 1. The van der Waals surface area contributed by atoms with E-state index in [2.05, 4.69) is 10.1 Å². The SMILES string of the molecule is CC(C)(CN)c1nc(Cc2ccccc2F)no1. The fourth-order valence-electron chi connectivity index (χ4n) is 1.50. The monoisotopic (exact) mass is 249 g/mol. The predicted octanol–water partition coefficient (Wildman–Crippen LogP) is 2.04. The molecule has 4 nitrogen and oxygen atoms in total. The lowest BCUT2D eigenvalue weighted by Gasteiger charge is -2.15. The van der Waals surface area contributed by atoms with E-state index < -0.39 is 0 Å². The van der Waals surface area contributed by atoms with Crippen LogP contribution in [-0.4, -0.2) is 16.7 Å². The molecule has 1 heterocycles. The molecule has 0 amide bonds. The van der Waals surface area contributed by atoms with Crippen LogP contribution in [0.2, 0.25) is 0 Å².